The molecule has 0 aliphatic heterocycles. The Morgan fingerprint density at radius 1 is 1.14 bits per heavy atom. The van der Waals surface area contributed by atoms with Gasteiger partial charge in [0.1, 0.15) is 17.4 Å². The molecule has 1 aromatic carbocycles. The summed E-state index contributed by atoms with van der Waals surface area (Å²) >= 11 is 0. The molecule has 0 amide bonds. The highest BCUT2D eigenvalue weighted by molar-refractivity contribution is 5.77. The lowest BCUT2D eigenvalue weighted by Crippen LogP contribution is -2.38. The second-order valence-electron chi connectivity index (χ2n) is 10.2. The van der Waals surface area contributed by atoms with Gasteiger partial charge >= 0.3 is 0 Å². The van der Waals surface area contributed by atoms with E-state index in [2.05, 4.69) is 34.1 Å². The van der Waals surface area contributed by atoms with E-state index in [1.54, 1.807) is 29.2 Å². The van der Waals surface area contributed by atoms with Crippen molar-refractivity contribution in [3.8, 4) is 17.2 Å². The van der Waals surface area contributed by atoms with E-state index >= 15 is 0 Å². The van der Waals surface area contributed by atoms with E-state index in [1.807, 2.05) is 6.07 Å². The van der Waals surface area contributed by atoms with Crippen LogP contribution in [0.4, 0.5) is 8.78 Å². The highest BCUT2D eigenvalue weighted by Crippen LogP contribution is 2.69. The molecule has 2 atom stereocenters. The number of carbonyl (C=O) groups is 1. The standard InChI is InChI=1S/C27H24F2N6O/c1-15(36)13-16-9-12-35(34-16)25-30-11-8-22(31-25)27-10-7-18(26(27,2)3)17-14-21(32-33-24(17)27)23-19(28)5-4-6-20(23)29/h4-6,8-9,11-12,14,18H,7,10,13H2,1-3H3/t18-,27-/m0/s1. The summed E-state index contributed by atoms with van der Waals surface area (Å²) in [5.74, 6) is -0.747. The van der Waals surface area contributed by atoms with Crippen molar-refractivity contribution in [3.05, 3.63) is 83.1 Å². The van der Waals surface area contributed by atoms with E-state index < -0.39 is 17.0 Å². The van der Waals surface area contributed by atoms with Crippen molar-refractivity contribution < 1.29 is 13.6 Å². The minimum absolute atomic E-state index is 0.0309. The van der Waals surface area contributed by atoms with Gasteiger partial charge in [0, 0.05) is 12.4 Å². The molecule has 0 radical (unpaired) electrons. The summed E-state index contributed by atoms with van der Waals surface area (Å²) in [6, 6.07) is 9.26. The first-order chi connectivity index (χ1) is 17.2. The van der Waals surface area contributed by atoms with Crippen molar-refractivity contribution in [2.75, 3.05) is 0 Å². The molecule has 36 heavy (non-hydrogen) atoms. The van der Waals surface area contributed by atoms with Gasteiger partial charge in [-0.15, -0.1) is 5.10 Å². The van der Waals surface area contributed by atoms with Crippen molar-refractivity contribution in [3.63, 3.8) is 0 Å². The maximum absolute atomic E-state index is 14.5. The third-order valence-corrected chi connectivity index (χ3v) is 7.96. The molecule has 2 aliphatic carbocycles. The van der Waals surface area contributed by atoms with E-state index in [0.29, 0.717) is 11.6 Å². The van der Waals surface area contributed by atoms with E-state index in [1.165, 1.54) is 25.1 Å². The number of Topliss-reactive ketones (excluding diaryl/α,β-unsaturated/α-hetero) is 1. The number of halogens is 2. The normalized spacial score (nSPS) is 21.5. The van der Waals surface area contributed by atoms with E-state index in [-0.39, 0.29) is 34.8 Å². The van der Waals surface area contributed by atoms with Gasteiger partial charge in [0.25, 0.3) is 5.95 Å². The van der Waals surface area contributed by atoms with Crippen LogP contribution < -0.4 is 0 Å². The molecule has 2 aliphatic rings. The summed E-state index contributed by atoms with van der Waals surface area (Å²) in [6.07, 6.45) is 5.42. The topological polar surface area (TPSA) is 86.5 Å². The third-order valence-electron chi connectivity index (χ3n) is 7.96. The Balaban J connectivity index is 1.46. The van der Waals surface area contributed by atoms with Gasteiger partial charge in [-0.25, -0.2) is 23.4 Å². The molecular formula is C27H24F2N6O. The fourth-order valence-electron chi connectivity index (χ4n) is 6.28. The Kier molecular flexibility index (Phi) is 4.90. The Morgan fingerprint density at radius 2 is 1.92 bits per heavy atom. The van der Waals surface area contributed by atoms with Crippen LogP contribution in [0.3, 0.4) is 0 Å². The van der Waals surface area contributed by atoms with Crippen LogP contribution in [-0.2, 0) is 16.6 Å². The Morgan fingerprint density at radius 3 is 2.67 bits per heavy atom. The van der Waals surface area contributed by atoms with Crippen LogP contribution in [0, 0.1) is 17.0 Å². The fourth-order valence-corrected chi connectivity index (χ4v) is 6.28. The third kappa shape index (κ3) is 3.08. The summed E-state index contributed by atoms with van der Waals surface area (Å²) in [5.41, 5.74) is 2.47. The summed E-state index contributed by atoms with van der Waals surface area (Å²) < 4.78 is 30.6. The first-order valence-corrected chi connectivity index (χ1v) is 11.9. The van der Waals surface area contributed by atoms with Crippen molar-refractivity contribution in [2.24, 2.45) is 5.41 Å². The smallest absolute Gasteiger partial charge is 0.250 e. The summed E-state index contributed by atoms with van der Waals surface area (Å²) in [5, 5.41) is 13.3. The van der Waals surface area contributed by atoms with Gasteiger partial charge in [0.15, 0.2) is 0 Å². The largest absolute Gasteiger partial charge is 0.300 e. The van der Waals surface area contributed by atoms with Crippen LogP contribution in [0.2, 0.25) is 0 Å². The number of benzene rings is 1. The molecule has 1 saturated carbocycles. The van der Waals surface area contributed by atoms with Crippen molar-refractivity contribution in [1.29, 1.82) is 0 Å². The molecule has 0 N–H and O–H groups in total. The summed E-state index contributed by atoms with van der Waals surface area (Å²) in [4.78, 5) is 20.8. The van der Waals surface area contributed by atoms with Gasteiger partial charge in [0.05, 0.1) is 40.2 Å². The molecule has 3 aromatic heterocycles. The minimum Gasteiger partial charge on any atom is -0.300 e. The average molecular weight is 487 g/mol. The molecule has 1 fully saturated rings. The Labute approximate surface area is 206 Å². The average Bonchev–Trinajstić information content (AvgIpc) is 3.46. The SMILES string of the molecule is CC(=O)Cc1ccn(-c2nccc([C@@]34CC[C@@H](c5cc(-c6c(F)cccc6F)nnc53)C4(C)C)n2)n1. The first-order valence-electron chi connectivity index (χ1n) is 11.9. The molecular weight excluding hydrogens is 462 g/mol. The summed E-state index contributed by atoms with van der Waals surface area (Å²) in [6.45, 7) is 5.91. The predicted octanol–water partition coefficient (Wildman–Crippen LogP) is 4.73. The number of nitrogens with zero attached hydrogens (tertiary/aromatic N) is 6. The Bertz CT molecular complexity index is 1510. The van der Waals surface area contributed by atoms with Gasteiger partial charge in [0.2, 0.25) is 0 Å². The second-order valence-corrected chi connectivity index (χ2v) is 10.2. The molecule has 6 rings (SSSR count). The first kappa shape index (κ1) is 22.6. The van der Waals surface area contributed by atoms with E-state index in [4.69, 9.17) is 4.98 Å². The predicted molar refractivity (Wildman–Crippen MR) is 127 cm³/mol. The van der Waals surface area contributed by atoms with Gasteiger partial charge in [-0.2, -0.15) is 10.2 Å². The molecule has 0 saturated heterocycles. The van der Waals surface area contributed by atoms with E-state index in [0.717, 1.165) is 29.8 Å². The number of fused-ring (bicyclic) bond motifs is 5. The maximum Gasteiger partial charge on any atom is 0.250 e. The summed E-state index contributed by atoms with van der Waals surface area (Å²) in [7, 11) is 0. The Hall–Kier alpha value is -3.88. The number of carbonyl (C=O) groups excluding carboxylic acids is 1. The van der Waals surface area contributed by atoms with Gasteiger partial charge in [-0.3, -0.25) is 4.79 Å². The fraction of sp³-hybridized carbons (Fsp3) is 0.333. The van der Waals surface area contributed by atoms with Crippen molar-refractivity contribution in [1.82, 2.24) is 29.9 Å². The van der Waals surface area contributed by atoms with Crippen molar-refractivity contribution >= 4 is 5.78 Å². The minimum atomic E-state index is -0.662. The quantitative estimate of drug-likeness (QED) is 0.405. The zero-order valence-corrected chi connectivity index (χ0v) is 20.2. The van der Waals surface area contributed by atoms with Crippen LogP contribution >= 0.6 is 0 Å². The zero-order chi connectivity index (χ0) is 25.2. The highest BCUT2D eigenvalue weighted by atomic mass is 19.1. The monoisotopic (exact) mass is 486 g/mol. The number of rotatable bonds is 5. The number of aromatic nitrogens is 6. The number of hydrogen-bond donors (Lipinski definition) is 0. The molecule has 9 heteroatoms. The molecule has 3 heterocycles. The van der Waals surface area contributed by atoms with Gasteiger partial charge in [-0.1, -0.05) is 19.9 Å². The highest BCUT2D eigenvalue weighted by Gasteiger charge is 2.65. The lowest BCUT2D eigenvalue weighted by atomic mass is 9.66. The number of ketones is 1. The van der Waals surface area contributed by atoms with Crippen LogP contribution in [0.15, 0.2) is 48.8 Å². The molecule has 0 unspecified atom stereocenters. The molecule has 2 bridgehead atoms. The number of hydrogen-bond acceptors (Lipinski definition) is 6. The van der Waals surface area contributed by atoms with Crippen LogP contribution in [0.1, 0.15) is 62.2 Å². The zero-order valence-electron chi connectivity index (χ0n) is 20.2. The lowest BCUT2D eigenvalue weighted by molar-refractivity contribution is -0.116. The van der Waals surface area contributed by atoms with Crippen molar-refractivity contribution in [2.45, 2.75) is 51.4 Å². The van der Waals surface area contributed by atoms with Crippen LogP contribution in [0.5, 0.6) is 0 Å². The second kappa shape index (κ2) is 7.81. The van der Waals surface area contributed by atoms with Crippen LogP contribution in [-0.4, -0.2) is 35.7 Å². The molecule has 0 spiro atoms. The molecule has 4 aromatic rings. The van der Waals surface area contributed by atoms with E-state index in [9.17, 15) is 13.6 Å². The maximum atomic E-state index is 14.5. The lowest BCUT2D eigenvalue weighted by Gasteiger charge is -2.37. The van der Waals surface area contributed by atoms with Gasteiger partial charge in [-0.05, 0) is 67.0 Å². The van der Waals surface area contributed by atoms with Crippen LogP contribution in [0.25, 0.3) is 17.2 Å². The molecule has 182 valence electrons. The van der Waals surface area contributed by atoms with Gasteiger partial charge < -0.3 is 0 Å². The molecule has 7 nitrogen and oxygen atoms in total.